The lowest BCUT2D eigenvalue weighted by Gasteiger charge is -2.46. The smallest absolute Gasteiger partial charge is 0.161 e. The van der Waals surface area contributed by atoms with E-state index in [0.29, 0.717) is 18.0 Å². The van der Waals surface area contributed by atoms with Gasteiger partial charge in [-0.15, -0.1) is 0 Å². The molecule has 0 aliphatic carbocycles. The Labute approximate surface area is 127 Å². The fourth-order valence-electron chi connectivity index (χ4n) is 3.89. The Hall–Kier alpha value is -1.26. The summed E-state index contributed by atoms with van der Waals surface area (Å²) in [6.45, 7) is 4.49. The van der Waals surface area contributed by atoms with Gasteiger partial charge in [-0.25, -0.2) is 0 Å². The largest absolute Gasteiger partial charge is 0.493 e. The second-order valence-electron chi connectivity index (χ2n) is 6.23. The van der Waals surface area contributed by atoms with Gasteiger partial charge in [0, 0.05) is 25.2 Å². The van der Waals surface area contributed by atoms with E-state index in [-0.39, 0.29) is 0 Å². The van der Waals surface area contributed by atoms with Gasteiger partial charge in [0.2, 0.25) is 0 Å². The summed E-state index contributed by atoms with van der Waals surface area (Å²) >= 11 is 0. The molecule has 3 unspecified atom stereocenters. The van der Waals surface area contributed by atoms with Crippen molar-refractivity contribution in [3.8, 4) is 11.5 Å². The zero-order chi connectivity index (χ0) is 15.0. The van der Waals surface area contributed by atoms with Gasteiger partial charge in [-0.05, 0) is 42.0 Å². The van der Waals surface area contributed by atoms with Gasteiger partial charge in [-0.2, -0.15) is 0 Å². The maximum absolute atomic E-state index is 6.40. The van der Waals surface area contributed by atoms with Crippen molar-refractivity contribution in [2.24, 2.45) is 11.7 Å². The lowest BCUT2D eigenvalue weighted by molar-refractivity contribution is 0.0813. The number of hydrogen-bond acceptors (Lipinski definition) is 4. The van der Waals surface area contributed by atoms with Crippen LogP contribution in [0.15, 0.2) is 12.1 Å². The Bertz CT molecular complexity index is 518. The van der Waals surface area contributed by atoms with Crippen molar-refractivity contribution in [2.45, 2.75) is 38.3 Å². The Balaban J connectivity index is 1.95. The molecule has 0 radical (unpaired) electrons. The van der Waals surface area contributed by atoms with E-state index in [1.807, 2.05) is 0 Å². The van der Waals surface area contributed by atoms with E-state index in [9.17, 15) is 0 Å². The molecule has 2 aliphatic rings. The summed E-state index contributed by atoms with van der Waals surface area (Å²) in [5.41, 5.74) is 9.16. The molecule has 4 nitrogen and oxygen atoms in total. The zero-order valence-corrected chi connectivity index (χ0v) is 13.3. The van der Waals surface area contributed by atoms with Gasteiger partial charge >= 0.3 is 0 Å². The van der Waals surface area contributed by atoms with Crippen LogP contribution in [-0.2, 0) is 6.42 Å². The molecule has 2 heterocycles. The zero-order valence-electron chi connectivity index (χ0n) is 13.3. The molecule has 1 aromatic carbocycles. The lowest BCUT2D eigenvalue weighted by Crippen LogP contribution is -2.50. The van der Waals surface area contributed by atoms with Crippen molar-refractivity contribution in [1.29, 1.82) is 0 Å². The lowest BCUT2D eigenvalue weighted by atomic mass is 9.80. The third kappa shape index (κ3) is 2.51. The number of rotatable bonds is 3. The van der Waals surface area contributed by atoms with E-state index < -0.39 is 0 Å². The van der Waals surface area contributed by atoms with Crippen LogP contribution in [0.2, 0.25) is 0 Å². The highest BCUT2D eigenvalue weighted by Gasteiger charge is 2.37. The maximum Gasteiger partial charge on any atom is 0.161 e. The summed E-state index contributed by atoms with van der Waals surface area (Å²) in [4.78, 5) is 2.60. The molecule has 21 heavy (non-hydrogen) atoms. The van der Waals surface area contributed by atoms with Crippen molar-refractivity contribution in [2.75, 3.05) is 27.3 Å². The van der Waals surface area contributed by atoms with Crippen molar-refractivity contribution in [3.05, 3.63) is 23.3 Å². The SMILES string of the molecule is CCC1CN2CCc3cc(OC)c(OC)cc3C2CC1N. The molecule has 0 bridgehead atoms. The summed E-state index contributed by atoms with van der Waals surface area (Å²) in [5.74, 6) is 2.28. The molecule has 2 aliphatic heterocycles. The highest BCUT2D eigenvalue weighted by atomic mass is 16.5. The molecular weight excluding hydrogens is 264 g/mol. The van der Waals surface area contributed by atoms with E-state index in [4.69, 9.17) is 15.2 Å². The third-order valence-electron chi connectivity index (χ3n) is 5.21. The predicted molar refractivity (Wildman–Crippen MR) is 83.9 cm³/mol. The van der Waals surface area contributed by atoms with Gasteiger partial charge in [0.25, 0.3) is 0 Å². The summed E-state index contributed by atoms with van der Waals surface area (Å²) < 4.78 is 10.9. The monoisotopic (exact) mass is 290 g/mol. The van der Waals surface area contributed by atoms with Crippen LogP contribution < -0.4 is 15.2 Å². The highest BCUT2D eigenvalue weighted by Crippen LogP contribution is 2.42. The molecule has 0 amide bonds. The van der Waals surface area contributed by atoms with Gasteiger partial charge in [-0.3, -0.25) is 4.90 Å². The number of ether oxygens (including phenoxy) is 2. The van der Waals surface area contributed by atoms with Crippen LogP contribution in [0.1, 0.15) is 36.9 Å². The Morgan fingerprint density at radius 3 is 2.62 bits per heavy atom. The van der Waals surface area contributed by atoms with E-state index in [2.05, 4.69) is 24.0 Å². The van der Waals surface area contributed by atoms with Gasteiger partial charge in [0.05, 0.1) is 14.2 Å². The summed E-state index contributed by atoms with van der Waals surface area (Å²) in [7, 11) is 3.40. The minimum absolute atomic E-state index is 0.301. The Morgan fingerprint density at radius 1 is 1.24 bits per heavy atom. The van der Waals surface area contributed by atoms with Crippen LogP contribution in [0.5, 0.6) is 11.5 Å². The van der Waals surface area contributed by atoms with Crippen molar-refractivity contribution < 1.29 is 9.47 Å². The minimum atomic E-state index is 0.301. The first kappa shape index (κ1) is 14.7. The van der Waals surface area contributed by atoms with E-state index >= 15 is 0 Å². The van der Waals surface area contributed by atoms with Crippen LogP contribution in [-0.4, -0.2) is 38.3 Å². The number of piperidine rings is 1. The first-order chi connectivity index (χ1) is 10.2. The predicted octanol–water partition coefficient (Wildman–Crippen LogP) is 2.36. The van der Waals surface area contributed by atoms with Crippen LogP contribution in [0.3, 0.4) is 0 Å². The molecule has 0 saturated carbocycles. The van der Waals surface area contributed by atoms with E-state index in [0.717, 1.165) is 37.4 Å². The average Bonchev–Trinajstić information content (AvgIpc) is 2.52. The number of benzene rings is 1. The number of nitrogens with two attached hydrogens (primary N) is 1. The molecule has 1 aromatic rings. The molecule has 0 aromatic heterocycles. The van der Waals surface area contributed by atoms with Crippen molar-refractivity contribution >= 4 is 0 Å². The topological polar surface area (TPSA) is 47.7 Å². The molecule has 1 fully saturated rings. The van der Waals surface area contributed by atoms with E-state index in [1.54, 1.807) is 14.2 Å². The molecule has 3 rings (SSSR count). The fraction of sp³-hybridized carbons (Fsp3) is 0.647. The average molecular weight is 290 g/mol. The summed E-state index contributed by atoms with van der Waals surface area (Å²) in [6.07, 6.45) is 3.29. The van der Waals surface area contributed by atoms with Crippen LogP contribution >= 0.6 is 0 Å². The molecule has 2 N–H and O–H groups in total. The second kappa shape index (κ2) is 5.85. The molecule has 116 valence electrons. The molecule has 1 saturated heterocycles. The first-order valence-corrected chi connectivity index (χ1v) is 7.92. The normalized spacial score (nSPS) is 28.7. The standard InChI is InChI=1S/C17H26N2O2/c1-4-11-10-19-6-5-12-7-16(20-2)17(21-3)8-13(12)15(19)9-14(11)18/h7-8,11,14-15H,4-6,9-10,18H2,1-3H3. The quantitative estimate of drug-likeness (QED) is 0.928. The molecular formula is C17H26N2O2. The fourth-order valence-corrected chi connectivity index (χ4v) is 3.89. The summed E-state index contributed by atoms with van der Waals surface area (Å²) in [5, 5.41) is 0. The van der Waals surface area contributed by atoms with Crippen molar-refractivity contribution in [1.82, 2.24) is 4.90 Å². The summed E-state index contributed by atoms with van der Waals surface area (Å²) in [6, 6.07) is 5.04. The second-order valence-corrected chi connectivity index (χ2v) is 6.23. The number of fused-ring (bicyclic) bond motifs is 3. The Kier molecular flexibility index (Phi) is 4.09. The number of hydrogen-bond donors (Lipinski definition) is 1. The van der Waals surface area contributed by atoms with Crippen LogP contribution in [0, 0.1) is 5.92 Å². The van der Waals surface area contributed by atoms with E-state index in [1.165, 1.54) is 17.5 Å². The van der Waals surface area contributed by atoms with Crippen LogP contribution in [0.4, 0.5) is 0 Å². The van der Waals surface area contributed by atoms with Gasteiger partial charge in [0.15, 0.2) is 11.5 Å². The molecule has 3 atom stereocenters. The van der Waals surface area contributed by atoms with Crippen molar-refractivity contribution in [3.63, 3.8) is 0 Å². The molecule has 0 spiro atoms. The number of methoxy groups -OCH3 is 2. The van der Waals surface area contributed by atoms with Gasteiger partial charge < -0.3 is 15.2 Å². The first-order valence-electron chi connectivity index (χ1n) is 7.92. The molecule has 4 heteroatoms. The minimum Gasteiger partial charge on any atom is -0.493 e. The Morgan fingerprint density at radius 2 is 1.95 bits per heavy atom. The van der Waals surface area contributed by atoms with Crippen LogP contribution in [0.25, 0.3) is 0 Å². The number of nitrogens with zero attached hydrogens (tertiary/aromatic N) is 1. The third-order valence-corrected chi connectivity index (χ3v) is 5.21. The van der Waals surface area contributed by atoms with Gasteiger partial charge in [0.1, 0.15) is 0 Å². The van der Waals surface area contributed by atoms with Gasteiger partial charge in [-0.1, -0.05) is 13.3 Å². The maximum atomic E-state index is 6.40. The highest BCUT2D eigenvalue weighted by molar-refractivity contribution is 5.49.